The Morgan fingerprint density at radius 1 is 1.05 bits per heavy atom. The number of nitrogens with two attached hydrogens (primary N) is 1. The fourth-order valence-electron chi connectivity index (χ4n) is 3.08. The molecular weight excluding hydrogens is 264 g/mol. The summed E-state index contributed by atoms with van der Waals surface area (Å²) in [6.07, 6.45) is 5.61. The van der Waals surface area contributed by atoms with E-state index in [1.165, 1.54) is 38.8 Å². The van der Waals surface area contributed by atoms with Crippen LogP contribution in [0.1, 0.15) is 37.3 Å². The van der Waals surface area contributed by atoms with Crippen LogP contribution in [-0.4, -0.2) is 31.3 Å². The average Bonchev–Trinajstić information content (AvgIpc) is 3.40. The van der Waals surface area contributed by atoms with Gasteiger partial charge >= 0.3 is 0 Å². The normalized spacial score (nSPS) is 21.8. The van der Waals surface area contributed by atoms with Crippen LogP contribution in [0.2, 0.25) is 0 Å². The van der Waals surface area contributed by atoms with Crippen molar-refractivity contribution in [1.82, 2.24) is 4.90 Å². The van der Waals surface area contributed by atoms with Crippen LogP contribution in [0.3, 0.4) is 0 Å². The summed E-state index contributed by atoms with van der Waals surface area (Å²) in [6, 6.07) is 6.14. The van der Waals surface area contributed by atoms with Crippen LogP contribution < -0.4 is 15.2 Å². The predicted molar refractivity (Wildman–Crippen MR) is 81.4 cm³/mol. The first-order valence-corrected chi connectivity index (χ1v) is 8.15. The summed E-state index contributed by atoms with van der Waals surface area (Å²) in [4.78, 5) is 2.59. The highest BCUT2D eigenvalue weighted by atomic mass is 16.7. The van der Waals surface area contributed by atoms with E-state index in [-0.39, 0.29) is 6.04 Å². The molecule has 1 atom stereocenters. The Balaban J connectivity index is 1.41. The molecule has 0 spiro atoms. The molecule has 4 nitrogen and oxygen atoms in total. The van der Waals surface area contributed by atoms with Gasteiger partial charge in [-0.3, -0.25) is 0 Å². The zero-order valence-electron chi connectivity index (χ0n) is 12.5. The third-order valence-electron chi connectivity index (χ3n) is 4.71. The molecule has 3 aliphatic rings. The highest BCUT2D eigenvalue weighted by Gasteiger charge is 2.30. The molecular formula is C17H24N2O2. The summed E-state index contributed by atoms with van der Waals surface area (Å²) in [6.45, 7) is 3.74. The second-order valence-corrected chi connectivity index (χ2v) is 6.82. The first kappa shape index (κ1) is 13.4. The Labute approximate surface area is 126 Å². The van der Waals surface area contributed by atoms with E-state index < -0.39 is 0 Å². The summed E-state index contributed by atoms with van der Waals surface area (Å²) >= 11 is 0. The zero-order chi connectivity index (χ0) is 14.2. The van der Waals surface area contributed by atoms with Crippen molar-refractivity contribution in [3.8, 4) is 11.5 Å². The van der Waals surface area contributed by atoms with Gasteiger partial charge in [-0.15, -0.1) is 0 Å². The highest BCUT2D eigenvalue weighted by Crippen LogP contribution is 2.36. The van der Waals surface area contributed by atoms with Gasteiger partial charge in [0.15, 0.2) is 11.5 Å². The molecule has 114 valence electrons. The van der Waals surface area contributed by atoms with E-state index in [2.05, 4.69) is 11.0 Å². The van der Waals surface area contributed by atoms with Gasteiger partial charge in [0.1, 0.15) is 0 Å². The lowest BCUT2D eigenvalue weighted by Gasteiger charge is -2.26. The number of ether oxygens (including phenoxy) is 2. The Morgan fingerprint density at radius 3 is 2.38 bits per heavy atom. The number of nitrogens with zero attached hydrogens (tertiary/aromatic N) is 1. The van der Waals surface area contributed by atoms with Crippen LogP contribution in [0, 0.1) is 11.8 Å². The van der Waals surface area contributed by atoms with Crippen molar-refractivity contribution in [2.45, 2.75) is 31.7 Å². The fraction of sp³-hybridized carbons (Fsp3) is 0.647. The maximum Gasteiger partial charge on any atom is 0.231 e. The molecule has 1 aromatic rings. The van der Waals surface area contributed by atoms with Crippen molar-refractivity contribution in [2.24, 2.45) is 17.6 Å². The average molecular weight is 288 g/mol. The highest BCUT2D eigenvalue weighted by molar-refractivity contribution is 5.45. The van der Waals surface area contributed by atoms with Gasteiger partial charge in [0.2, 0.25) is 6.79 Å². The third-order valence-corrected chi connectivity index (χ3v) is 4.71. The van der Waals surface area contributed by atoms with Crippen LogP contribution in [0.15, 0.2) is 18.2 Å². The van der Waals surface area contributed by atoms with E-state index in [0.29, 0.717) is 6.79 Å². The van der Waals surface area contributed by atoms with Gasteiger partial charge in [-0.2, -0.15) is 0 Å². The first-order valence-electron chi connectivity index (χ1n) is 8.15. The number of hydrogen-bond donors (Lipinski definition) is 1. The van der Waals surface area contributed by atoms with Crippen molar-refractivity contribution in [2.75, 3.05) is 26.4 Å². The van der Waals surface area contributed by atoms with Crippen molar-refractivity contribution >= 4 is 0 Å². The molecule has 0 amide bonds. The molecule has 2 saturated carbocycles. The molecule has 0 radical (unpaired) electrons. The minimum absolute atomic E-state index is 0.0528. The zero-order valence-corrected chi connectivity index (χ0v) is 12.5. The second kappa shape index (κ2) is 5.50. The van der Waals surface area contributed by atoms with Crippen molar-refractivity contribution < 1.29 is 9.47 Å². The molecule has 0 bridgehead atoms. The Morgan fingerprint density at radius 2 is 1.71 bits per heavy atom. The molecule has 0 aromatic heterocycles. The summed E-state index contributed by atoms with van der Waals surface area (Å²) in [7, 11) is 0. The Bertz CT molecular complexity index is 498. The lowest BCUT2D eigenvalue weighted by Crippen LogP contribution is -2.35. The molecule has 1 aliphatic heterocycles. The van der Waals surface area contributed by atoms with Crippen LogP contribution in [0.5, 0.6) is 11.5 Å². The molecule has 2 fully saturated rings. The van der Waals surface area contributed by atoms with Crippen LogP contribution in [0.25, 0.3) is 0 Å². The Hall–Kier alpha value is -1.26. The van der Waals surface area contributed by atoms with Gasteiger partial charge < -0.3 is 20.1 Å². The van der Waals surface area contributed by atoms with Gasteiger partial charge in [-0.05, 0) is 55.2 Å². The predicted octanol–water partition coefficient (Wildman–Crippen LogP) is 2.54. The number of rotatable bonds is 7. The quantitative estimate of drug-likeness (QED) is 0.837. The molecule has 2 N–H and O–H groups in total. The van der Waals surface area contributed by atoms with E-state index >= 15 is 0 Å². The first-order chi connectivity index (χ1) is 10.3. The van der Waals surface area contributed by atoms with E-state index in [1.807, 2.05) is 12.1 Å². The van der Waals surface area contributed by atoms with Gasteiger partial charge in [-0.1, -0.05) is 6.07 Å². The molecule has 1 unspecified atom stereocenters. The number of hydrogen-bond acceptors (Lipinski definition) is 4. The summed E-state index contributed by atoms with van der Waals surface area (Å²) in [5.41, 5.74) is 7.59. The summed E-state index contributed by atoms with van der Waals surface area (Å²) in [5, 5.41) is 0. The maximum absolute atomic E-state index is 6.44. The van der Waals surface area contributed by atoms with Gasteiger partial charge in [0.05, 0.1) is 0 Å². The monoisotopic (exact) mass is 288 g/mol. The van der Waals surface area contributed by atoms with Crippen molar-refractivity contribution in [1.29, 1.82) is 0 Å². The lowest BCUT2D eigenvalue weighted by atomic mass is 10.1. The van der Waals surface area contributed by atoms with Gasteiger partial charge in [0, 0.05) is 25.7 Å². The van der Waals surface area contributed by atoms with E-state index in [9.17, 15) is 0 Å². The molecule has 1 heterocycles. The van der Waals surface area contributed by atoms with Crippen molar-refractivity contribution in [3.05, 3.63) is 23.8 Å². The maximum atomic E-state index is 6.44. The van der Waals surface area contributed by atoms with Gasteiger partial charge in [0.25, 0.3) is 0 Å². The van der Waals surface area contributed by atoms with Crippen molar-refractivity contribution in [3.63, 3.8) is 0 Å². The Kier molecular flexibility index (Phi) is 3.51. The van der Waals surface area contributed by atoms with Crippen LogP contribution >= 0.6 is 0 Å². The second-order valence-electron chi connectivity index (χ2n) is 6.82. The van der Waals surface area contributed by atoms with Crippen LogP contribution in [0.4, 0.5) is 0 Å². The molecule has 4 rings (SSSR count). The molecule has 21 heavy (non-hydrogen) atoms. The smallest absolute Gasteiger partial charge is 0.231 e. The van der Waals surface area contributed by atoms with E-state index in [4.69, 9.17) is 15.2 Å². The number of fused-ring (bicyclic) bond motifs is 1. The fourth-order valence-corrected chi connectivity index (χ4v) is 3.08. The SMILES string of the molecule is NC(CN(CC1CC1)CC1CC1)c1ccc2c(c1)OCO2. The third kappa shape index (κ3) is 3.33. The molecule has 4 heteroatoms. The van der Waals surface area contributed by atoms with E-state index in [1.54, 1.807) is 0 Å². The molecule has 0 saturated heterocycles. The minimum Gasteiger partial charge on any atom is -0.454 e. The lowest BCUT2D eigenvalue weighted by molar-refractivity contribution is 0.174. The topological polar surface area (TPSA) is 47.7 Å². The van der Waals surface area contributed by atoms with Crippen LogP contribution in [-0.2, 0) is 0 Å². The molecule has 1 aromatic carbocycles. The van der Waals surface area contributed by atoms with Gasteiger partial charge in [-0.25, -0.2) is 0 Å². The summed E-state index contributed by atoms with van der Waals surface area (Å²) in [5.74, 6) is 3.51. The van der Waals surface area contributed by atoms with E-state index in [0.717, 1.165) is 35.4 Å². The number of benzene rings is 1. The largest absolute Gasteiger partial charge is 0.454 e. The minimum atomic E-state index is 0.0528. The summed E-state index contributed by atoms with van der Waals surface area (Å²) < 4.78 is 10.8. The standard InChI is InChI=1S/C17H24N2O2/c18-15(14-5-6-16-17(7-14)21-11-20-16)10-19(8-12-1-2-12)9-13-3-4-13/h5-7,12-13,15H,1-4,8-11,18H2. The molecule has 2 aliphatic carbocycles.